The minimum atomic E-state index is -0.0597. The summed E-state index contributed by atoms with van der Waals surface area (Å²) < 4.78 is 11.4. The summed E-state index contributed by atoms with van der Waals surface area (Å²) in [5, 5.41) is 9.18. The molecule has 1 aliphatic rings. The highest BCUT2D eigenvalue weighted by Crippen LogP contribution is 2.23. The SMILES string of the molecule is O=C(c1cc2ccccc2o1)N1CCC(Oc2nncs2)CC1. The number of amides is 1. The first-order valence-corrected chi connectivity index (χ1v) is 8.38. The van der Waals surface area contributed by atoms with Crippen LogP contribution >= 0.6 is 11.3 Å². The molecule has 2 aromatic heterocycles. The second-order valence-corrected chi connectivity index (χ2v) is 6.26. The van der Waals surface area contributed by atoms with Crippen molar-refractivity contribution in [3.8, 4) is 5.19 Å². The molecule has 1 amide bonds. The lowest BCUT2D eigenvalue weighted by atomic mass is 10.1. The number of furan rings is 1. The van der Waals surface area contributed by atoms with Gasteiger partial charge in [-0.15, -0.1) is 10.2 Å². The van der Waals surface area contributed by atoms with E-state index in [-0.39, 0.29) is 12.0 Å². The molecule has 0 spiro atoms. The summed E-state index contributed by atoms with van der Waals surface area (Å²) in [5.74, 6) is 0.338. The molecule has 0 atom stereocenters. The lowest BCUT2D eigenvalue weighted by Gasteiger charge is -2.30. The number of hydrogen-bond donors (Lipinski definition) is 0. The summed E-state index contributed by atoms with van der Waals surface area (Å²) in [5.41, 5.74) is 2.39. The van der Waals surface area contributed by atoms with E-state index in [1.54, 1.807) is 5.51 Å². The quantitative estimate of drug-likeness (QED) is 0.739. The predicted octanol–water partition coefficient (Wildman–Crippen LogP) is 2.97. The van der Waals surface area contributed by atoms with E-state index >= 15 is 0 Å². The number of para-hydroxylation sites is 1. The number of hydrogen-bond acceptors (Lipinski definition) is 6. The van der Waals surface area contributed by atoms with Crippen LogP contribution in [0.5, 0.6) is 5.19 Å². The maximum absolute atomic E-state index is 12.6. The summed E-state index contributed by atoms with van der Waals surface area (Å²) in [4.78, 5) is 14.4. The van der Waals surface area contributed by atoms with Gasteiger partial charge >= 0.3 is 0 Å². The molecule has 4 rings (SSSR count). The predicted molar refractivity (Wildman–Crippen MR) is 85.7 cm³/mol. The Morgan fingerprint density at radius 2 is 2.13 bits per heavy atom. The Kier molecular flexibility index (Phi) is 3.70. The molecule has 0 bridgehead atoms. The molecule has 0 aliphatic carbocycles. The van der Waals surface area contributed by atoms with Crippen LogP contribution < -0.4 is 4.74 Å². The summed E-state index contributed by atoms with van der Waals surface area (Å²) in [6.45, 7) is 1.30. The van der Waals surface area contributed by atoms with Gasteiger partial charge in [-0.2, -0.15) is 0 Å². The minimum absolute atomic E-state index is 0.0597. The van der Waals surface area contributed by atoms with Gasteiger partial charge in [0.15, 0.2) is 5.76 Å². The van der Waals surface area contributed by atoms with Crippen LogP contribution in [-0.4, -0.2) is 40.2 Å². The Hall–Kier alpha value is -2.41. The number of nitrogens with zero attached hydrogens (tertiary/aromatic N) is 3. The van der Waals surface area contributed by atoms with Crippen LogP contribution in [0.15, 0.2) is 40.3 Å². The Balaban J connectivity index is 1.40. The molecule has 3 heterocycles. The highest BCUT2D eigenvalue weighted by atomic mass is 32.1. The fourth-order valence-electron chi connectivity index (χ4n) is 2.78. The average Bonchev–Trinajstić information content (AvgIpc) is 3.24. The zero-order chi connectivity index (χ0) is 15.6. The van der Waals surface area contributed by atoms with Crippen molar-refractivity contribution in [3.05, 3.63) is 41.6 Å². The molecule has 0 radical (unpaired) electrons. The number of aromatic nitrogens is 2. The van der Waals surface area contributed by atoms with Crippen LogP contribution in [0.3, 0.4) is 0 Å². The van der Waals surface area contributed by atoms with Crippen LogP contribution in [0.2, 0.25) is 0 Å². The first kappa shape index (κ1) is 14.2. The molecule has 7 heteroatoms. The van der Waals surface area contributed by atoms with Gasteiger partial charge in [0, 0.05) is 31.3 Å². The van der Waals surface area contributed by atoms with E-state index < -0.39 is 0 Å². The average molecular weight is 329 g/mol. The lowest BCUT2D eigenvalue weighted by molar-refractivity contribution is 0.0567. The number of carbonyl (C=O) groups excluding carboxylic acids is 1. The minimum Gasteiger partial charge on any atom is -0.465 e. The zero-order valence-corrected chi connectivity index (χ0v) is 13.2. The molecule has 1 aliphatic heterocycles. The van der Waals surface area contributed by atoms with Gasteiger partial charge in [0.25, 0.3) is 11.1 Å². The molecule has 118 valence electrons. The largest absolute Gasteiger partial charge is 0.465 e. The number of fused-ring (bicyclic) bond motifs is 1. The smallest absolute Gasteiger partial charge is 0.294 e. The van der Waals surface area contributed by atoms with Crippen LogP contribution in [0.4, 0.5) is 0 Å². The molecule has 0 saturated carbocycles. The molecular weight excluding hydrogens is 314 g/mol. The summed E-state index contributed by atoms with van der Waals surface area (Å²) in [7, 11) is 0. The van der Waals surface area contributed by atoms with Gasteiger partial charge < -0.3 is 14.1 Å². The highest BCUT2D eigenvalue weighted by molar-refractivity contribution is 7.11. The van der Waals surface area contributed by atoms with E-state index in [4.69, 9.17) is 9.15 Å². The number of piperidine rings is 1. The second kappa shape index (κ2) is 6.00. The Bertz CT molecular complexity index is 774. The van der Waals surface area contributed by atoms with Crippen molar-refractivity contribution in [2.45, 2.75) is 18.9 Å². The van der Waals surface area contributed by atoms with E-state index in [1.807, 2.05) is 35.2 Å². The van der Waals surface area contributed by atoms with E-state index in [9.17, 15) is 4.79 Å². The maximum Gasteiger partial charge on any atom is 0.294 e. The van der Waals surface area contributed by atoms with Gasteiger partial charge in [0.2, 0.25) is 0 Å². The molecule has 1 fully saturated rings. The number of carbonyl (C=O) groups is 1. The van der Waals surface area contributed by atoms with Crippen molar-refractivity contribution in [1.29, 1.82) is 0 Å². The second-order valence-electron chi connectivity index (χ2n) is 5.46. The molecular formula is C16H15N3O3S. The van der Waals surface area contributed by atoms with Crippen molar-refractivity contribution < 1.29 is 13.9 Å². The third kappa shape index (κ3) is 2.92. The normalized spacial score (nSPS) is 15.9. The number of likely N-dealkylation sites (tertiary alicyclic amines) is 1. The van der Waals surface area contributed by atoms with Gasteiger partial charge in [-0.25, -0.2) is 0 Å². The Labute approximate surface area is 136 Å². The summed E-state index contributed by atoms with van der Waals surface area (Å²) in [6, 6.07) is 9.45. The number of rotatable bonds is 3. The van der Waals surface area contributed by atoms with Crippen LogP contribution in [-0.2, 0) is 0 Å². The van der Waals surface area contributed by atoms with Crippen LogP contribution in [0, 0.1) is 0 Å². The van der Waals surface area contributed by atoms with Gasteiger partial charge in [-0.1, -0.05) is 29.5 Å². The van der Waals surface area contributed by atoms with Crippen molar-refractivity contribution >= 4 is 28.2 Å². The third-order valence-corrected chi connectivity index (χ3v) is 4.55. The maximum atomic E-state index is 12.6. The molecule has 1 saturated heterocycles. The van der Waals surface area contributed by atoms with Gasteiger partial charge in [-0.05, 0) is 12.1 Å². The van der Waals surface area contributed by atoms with Crippen molar-refractivity contribution in [1.82, 2.24) is 15.1 Å². The molecule has 0 unspecified atom stereocenters. The van der Waals surface area contributed by atoms with Gasteiger partial charge in [0.1, 0.15) is 17.2 Å². The first-order chi connectivity index (χ1) is 11.3. The zero-order valence-electron chi connectivity index (χ0n) is 12.3. The fourth-order valence-corrected chi connectivity index (χ4v) is 3.25. The van der Waals surface area contributed by atoms with Gasteiger partial charge in [0.05, 0.1) is 0 Å². The van der Waals surface area contributed by atoms with Crippen LogP contribution in [0.25, 0.3) is 11.0 Å². The standard InChI is InChI=1S/C16H15N3O3S/c20-15(14-9-11-3-1-2-4-13(11)22-14)19-7-5-12(6-8-19)21-16-18-17-10-23-16/h1-4,9-10,12H,5-8H2. The van der Waals surface area contributed by atoms with Crippen molar-refractivity contribution in [2.24, 2.45) is 0 Å². The number of ether oxygens (including phenoxy) is 1. The monoisotopic (exact) mass is 329 g/mol. The highest BCUT2D eigenvalue weighted by Gasteiger charge is 2.27. The van der Waals surface area contributed by atoms with Crippen molar-refractivity contribution in [3.63, 3.8) is 0 Å². The summed E-state index contributed by atoms with van der Waals surface area (Å²) >= 11 is 1.38. The molecule has 3 aromatic rings. The lowest BCUT2D eigenvalue weighted by Crippen LogP contribution is -2.41. The topological polar surface area (TPSA) is 68.5 Å². The Morgan fingerprint density at radius 1 is 1.30 bits per heavy atom. The molecule has 1 aromatic carbocycles. The number of benzene rings is 1. The van der Waals surface area contributed by atoms with Crippen LogP contribution in [0.1, 0.15) is 23.4 Å². The first-order valence-electron chi connectivity index (χ1n) is 7.50. The van der Waals surface area contributed by atoms with Crippen molar-refractivity contribution in [2.75, 3.05) is 13.1 Å². The Morgan fingerprint density at radius 3 is 2.87 bits per heavy atom. The molecule has 23 heavy (non-hydrogen) atoms. The third-order valence-electron chi connectivity index (χ3n) is 3.97. The molecule has 6 nitrogen and oxygen atoms in total. The fraction of sp³-hybridized carbons (Fsp3) is 0.312. The summed E-state index contributed by atoms with van der Waals surface area (Å²) in [6.07, 6.45) is 1.65. The van der Waals surface area contributed by atoms with E-state index in [1.165, 1.54) is 11.3 Å². The van der Waals surface area contributed by atoms with E-state index in [0.29, 0.717) is 24.0 Å². The van der Waals surface area contributed by atoms with E-state index in [2.05, 4.69) is 10.2 Å². The van der Waals surface area contributed by atoms with Gasteiger partial charge in [-0.3, -0.25) is 4.79 Å². The van der Waals surface area contributed by atoms with E-state index in [0.717, 1.165) is 23.8 Å². The molecule has 0 N–H and O–H groups in total.